The van der Waals surface area contributed by atoms with Gasteiger partial charge in [0, 0.05) is 12.5 Å². The zero-order valence-corrected chi connectivity index (χ0v) is 13.6. The molecule has 0 aromatic carbocycles. The summed E-state index contributed by atoms with van der Waals surface area (Å²) >= 11 is 1.61. The van der Waals surface area contributed by atoms with Gasteiger partial charge in [0.15, 0.2) is 5.76 Å². The van der Waals surface area contributed by atoms with Crippen LogP contribution in [0, 0.1) is 6.92 Å². The number of thiophene rings is 1. The number of rotatable bonds is 5. The van der Waals surface area contributed by atoms with Crippen LogP contribution in [0.3, 0.4) is 0 Å². The Morgan fingerprint density at radius 3 is 2.82 bits per heavy atom. The first-order chi connectivity index (χ1) is 10.5. The van der Waals surface area contributed by atoms with E-state index in [0.29, 0.717) is 30.0 Å². The lowest BCUT2D eigenvalue weighted by Crippen LogP contribution is -2.41. The third-order valence-corrected chi connectivity index (χ3v) is 3.93. The van der Waals surface area contributed by atoms with Gasteiger partial charge in [0.1, 0.15) is 11.4 Å². The van der Waals surface area contributed by atoms with E-state index in [2.05, 4.69) is 15.8 Å². The van der Waals surface area contributed by atoms with E-state index in [4.69, 9.17) is 4.52 Å². The van der Waals surface area contributed by atoms with Crippen LogP contribution in [0.1, 0.15) is 30.9 Å². The molecule has 0 unspecified atom stereocenters. The zero-order valence-electron chi connectivity index (χ0n) is 12.8. The smallest absolute Gasteiger partial charge is 0.313 e. The lowest BCUT2D eigenvalue weighted by atomic mass is 10.1. The Balaban J connectivity index is 1.91. The van der Waals surface area contributed by atoms with Gasteiger partial charge < -0.3 is 15.2 Å². The molecule has 2 N–H and O–H groups in total. The Bertz CT molecular complexity index is 649. The molecule has 2 aromatic rings. The number of amides is 2. The van der Waals surface area contributed by atoms with Gasteiger partial charge in [-0.25, -0.2) is 0 Å². The van der Waals surface area contributed by atoms with E-state index in [1.54, 1.807) is 18.3 Å². The van der Waals surface area contributed by atoms with Crippen molar-refractivity contribution in [2.24, 2.45) is 0 Å². The summed E-state index contributed by atoms with van der Waals surface area (Å²) in [5.41, 5.74) is 2.18. The minimum absolute atomic E-state index is 0.123. The summed E-state index contributed by atoms with van der Waals surface area (Å²) in [7, 11) is 0. The molecule has 0 radical (unpaired) electrons. The van der Waals surface area contributed by atoms with Crippen LogP contribution >= 0.6 is 11.3 Å². The molecule has 0 spiro atoms. The Labute approximate surface area is 132 Å². The largest absolute Gasteiger partial charge is 0.359 e. The third-order valence-electron chi connectivity index (χ3n) is 3.20. The van der Waals surface area contributed by atoms with Gasteiger partial charge in [0.05, 0.1) is 0 Å². The van der Waals surface area contributed by atoms with Crippen molar-refractivity contribution in [3.05, 3.63) is 33.8 Å². The summed E-state index contributed by atoms with van der Waals surface area (Å²) in [4.78, 5) is 23.9. The van der Waals surface area contributed by atoms with E-state index in [9.17, 15) is 9.59 Å². The molecule has 2 rings (SSSR count). The second-order valence-electron chi connectivity index (χ2n) is 5.08. The maximum atomic E-state index is 12.0. The van der Waals surface area contributed by atoms with Crippen molar-refractivity contribution in [1.82, 2.24) is 10.5 Å². The van der Waals surface area contributed by atoms with Crippen LogP contribution in [0.4, 0.5) is 5.69 Å². The molecule has 22 heavy (non-hydrogen) atoms. The van der Waals surface area contributed by atoms with Crippen molar-refractivity contribution in [3.63, 3.8) is 0 Å². The Morgan fingerprint density at radius 2 is 2.18 bits per heavy atom. The van der Waals surface area contributed by atoms with Gasteiger partial charge in [-0.2, -0.15) is 11.3 Å². The van der Waals surface area contributed by atoms with Crippen LogP contribution in [0.5, 0.6) is 0 Å². The minimum atomic E-state index is -0.710. The highest BCUT2D eigenvalue weighted by atomic mass is 32.1. The van der Waals surface area contributed by atoms with Gasteiger partial charge in [-0.3, -0.25) is 9.59 Å². The third kappa shape index (κ3) is 3.94. The summed E-state index contributed by atoms with van der Waals surface area (Å²) in [6, 6.07) is 1.88. The van der Waals surface area contributed by atoms with Crippen molar-refractivity contribution in [2.75, 3.05) is 5.32 Å². The molecule has 2 aromatic heterocycles. The normalized spacial score (nSPS) is 12.0. The molecule has 7 heteroatoms. The maximum Gasteiger partial charge on any atom is 0.313 e. The van der Waals surface area contributed by atoms with Crippen molar-refractivity contribution >= 4 is 28.8 Å². The lowest BCUT2D eigenvalue weighted by Gasteiger charge is -2.13. The molecule has 0 fully saturated rings. The molecule has 0 aliphatic rings. The van der Waals surface area contributed by atoms with Gasteiger partial charge in [0.2, 0.25) is 0 Å². The molecule has 6 nitrogen and oxygen atoms in total. The van der Waals surface area contributed by atoms with E-state index >= 15 is 0 Å². The van der Waals surface area contributed by atoms with Crippen LogP contribution in [0.25, 0.3) is 0 Å². The predicted octanol–water partition coefficient (Wildman–Crippen LogP) is 2.29. The number of anilines is 1. The molecule has 0 saturated carbocycles. The number of nitrogens with one attached hydrogen (secondary N) is 2. The molecule has 0 aliphatic carbocycles. The fourth-order valence-electron chi connectivity index (χ4n) is 2.09. The standard InChI is InChI=1S/C15H19N3O3S/c1-4-12-13(10(3)18-21-12)17-15(20)14(19)16-9(2)7-11-5-6-22-8-11/h5-6,8-9H,4,7H2,1-3H3,(H,16,19)(H,17,20)/t9-/m0/s1. The molecule has 2 amide bonds. The van der Waals surface area contributed by atoms with Crippen LogP contribution < -0.4 is 10.6 Å². The van der Waals surface area contributed by atoms with Gasteiger partial charge in [-0.05, 0) is 42.7 Å². The highest BCUT2D eigenvalue weighted by Gasteiger charge is 2.20. The van der Waals surface area contributed by atoms with Gasteiger partial charge in [0.25, 0.3) is 0 Å². The summed E-state index contributed by atoms with van der Waals surface area (Å²) < 4.78 is 5.08. The highest BCUT2D eigenvalue weighted by Crippen LogP contribution is 2.20. The van der Waals surface area contributed by atoms with E-state index < -0.39 is 11.8 Å². The van der Waals surface area contributed by atoms with Gasteiger partial charge in [-0.15, -0.1) is 0 Å². The zero-order chi connectivity index (χ0) is 16.1. The van der Waals surface area contributed by atoms with E-state index in [1.807, 2.05) is 30.7 Å². The number of carbonyl (C=O) groups is 2. The van der Waals surface area contributed by atoms with Crippen molar-refractivity contribution in [2.45, 2.75) is 39.7 Å². The molecule has 1 atom stereocenters. The van der Waals surface area contributed by atoms with Crippen LogP contribution in [-0.2, 0) is 22.4 Å². The summed E-state index contributed by atoms with van der Waals surface area (Å²) in [6.07, 6.45) is 1.28. The van der Waals surface area contributed by atoms with Crippen molar-refractivity contribution in [1.29, 1.82) is 0 Å². The van der Waals surface area contributed by atoms with Gasteiger partial charge >= 0.3 is 11.8 Å². The first-order valence-corrected chi connectivity index (χ1v) is 8.03. The summed E-state index contributed by atoms with van der Waals surface area (Å²) in [6.45, 7) is 5.47. The Morgan fingerprint density at radius 1 is 1.41 bits per heavy atom. The van der Waals surface area contributed by atoms with Crippen molar-refractivity contribution < 1.29 is 14.1 Å². The molecule has 0 bridgehead atoms. The van der Waals surface area contributed by atoms with E-state index in [1.165, 1.54) is 0 Å². The second-order valence-corrected chi connectivity index (χ2v) is 5.86. The second kappa shape index (κ2) is 7.22. The van der Waals surface area contributed by atoms with Crippen LogP contribution in [0.2, 0.25) is 0 Å². The lowest BCUT2D eigenvalue weighted by molar-refractivity contribution is -0.136. The SMILES string of the molecule is CCc1onc(C)c1NC(=O)C(=O)N[C@@H](C)Cc1ccsc1. The quantitative estimate of drug-likeness (QED) is 0.828. The fourth-order valence-corrected chi connectivity index (χ4v) is 2.77. The van der Waals surface area contributed by atoms with Gasteiger partial charge in [-0.1, -0.05) is 12.1 Å². The molecule has 118 valence electrons. The van der Waals surface area contributed by atoms with E-state index in [-0.39, 0.29) is 6.04 Å². The molecule has 0 saturated heterocycles. The summed E-state index contributed by atoms with van der Waals surface area (Å²) in [5.74, 6) is -0.812. The topological polar surface area (TPSA) is 84.2 Å². The van der Waals surface area contributed by atoms with Crippen LogP contribution in [0.15, 0.2) is 21.3 Å². The molecule has 0 aliphatic heterocycles. The predicted molar refractivity (Wildman–Crippen MR) is 84.9 cm³/mol. The molecular formula is C15H19N3O3S. The maximum absolute atomic E-state index is 12.0. The number of hydrogen-bond acceptors (Lipinski definition) is 5. The Hall–Kier alpha value is -2.15. The first-order valence-electron chi connectivity index (χ1n) is 7.09. The molecular weight excluding hydrogens is 302 g/mol. The minimum Gasteiger partial charge on any atom is -0.359 e. The monoisotopic (exact) mass is 321 g/mol. The number of hydrogen-bond donors (Lipinski definition) is 2. The van der Waals surface area contributed by atoms with Crippen LogP contribution in [-0.4, -0.2) is 23.0 Å². The summed E-state index contributed by atoms with van der Waals surface area (Å²) in [5, 5.41) is 13.1. The number of nitrogens with zero attached hydrogens (tertiary/aromatic N) is 1. The average Bonchev–Trinajstić information content (AvgIpc) is 3.09. The average molecular weight is 321 g/mol. The Kier molecular flexibility index (Phi) is 5.32. The number of aromatic nitrogens is 1. The molecule has 2 heterocycles. The van der Waals surface area contributed by atoms with E-state index in [0.717, 1.165) is 5.56 Å². The highest BCUT2D eigenvalue weighted by molar-refractivity contribution is 7.07. The number of aryl methyl sites for hydroxylation is 2. The number of carbonyl (C=O) groups excluding carboxylic acids is 2. The van der Waals surface area contributed by atoms with Crippen molar-refractivity contribution in [3.8, 4) is 0 Å². The first kappa shape index (κ1) is 16.2. The fraction of sp³-hybridized carbons (Fsp3) is 0.400.